The van der Waals surface area contributed by atoms with E-state index in [-0.39, 0.29) is 17.6 Å². The third kappa shape index (κ3) is 2.34. The van der Waals surface area contributed by atoms with Crippen molar-refractivity contribution < 1.29 is 14.0 Å². The zero-order chi connectivity index (χ0) is 12.5. The highest BCUT2D eigenvalue weighted by atomic mass is 16.5. The van der Waals surface area contributed by atoms with Crippen molar-refractivity contribution in [1.82, 2.24) is 10.1 Å². The van der Waals surface area contributed by atoms with E-state index >= 15 is 0 Å². The second-order valence-electron chi connectivity index (χ2n) is 4.81. The minimum atomic E-state index is -0.373. The Balaban J connectivity index is 2.12. The number of nitrogens with zero attached hydrogens (tertiary/aromatic N) is 2. The maximum absolute atomic E-state index is 6.00. The van der Waals surface area contributed by atoms with Gasteiger partial charge in [0.25, 0.3) is 0 Å². The molecule has 6 heteroatoms. The summed E-state index contributed by atoms with van der Waals surface area (Å²) in [7, 11) is 1.66. The second-order valence-corrected chi connectivity index (χ2v) is 4.81. The highest BCUT2D eigenvalue weighted by Crippen LogP contribution is 2.30. The molecule has 17 heavy (non-hydrogen) atoms. The first kappa shape index (κ1) is 12.5. The summed E-state index contributed by atoms with van der Waals surface area (Å²) < 4.78 is 15.8. The molecule has 1 aromatic rings. The number of aromatic nitrogens is 2. The van der Waals surface area contributed by atoms with Gasteiger partial charge in [0.2, 0.25) is 5.89 Å². The zero-order valence-corrected chi connectivity index (χ0v) is 10.5. The smallest absolute Gasteiger partial charge is 0.236 e. The fraction of sp³-hybridized carbons (Fsp3) is 0.818. The van der Waals surface area contributed by atoms with E-state index in [1.54, 1.807) is 7.11 Å². The van der Waals surface area contributed by atoms with Gasteiger partial charge in [0, 0.05) is 19.6 Å². The first-order valence-corrected chi connectivity index (χ1v) is 5.75. The van der Waals surface area contributed by atoms with Crippen molar-refractivity contribution in [1.29, 1.82) is 0 Å². The third-order valence-corrected chi connectivity index (χ3v) is 3.35. The topological polar surface area (TPSA) is 83.4 Å². The van der Waals surface area contributed by atoms with Crippen molar-refractivity contribution in [3.05, 3.63) is 11.7 Å². The van der Waals surface area contributed by atoms with Crippen LogP contribution in [0.15, 0.2) is 4.52 Å². The van der Waals surface area contributed by atoms with Crippen molar-refractivity contribution >= 4 is 0 Å². The maximum Gasteiger partial charge on any atom is 0.236 e. The minimum Gasteiger partial charge on any atom is -0.381 e. The number of ether oxygens (including phenoxy) is 2. The highest BCUT2D eigenvalue weighted by Gasteiger charge is 2.44. The van der Waals surface area contributed by atoms with Crippen LogP contribution in [0.3, 0.4) is 0 Å². The van der Waals surface area contributed by atoms with Crippen LogP contribution in [0.25, 0.3) is 0 Å². The summed E-state index contributed by atoms with van der Waals surface area (Å²) in [5.41, 5.74) is 5.63. The van der Waals surface area contributed by atoms with Gasteiger partial charge in [0.1, 0.15) is 0 Å². The van der Waals surface area contributed by atoms with E-state index in [1.807, 2.05) is 13.8 Å². The van der Waals surface area contributed by atoms with Crippen LogP contribution in [0.5, 0.6) is 0 Å². The van der Waals surface area contributed by atoms with Crippen molar-refractivity contribution in [2.24, 2.45) is 5.73 Å². The van der Waals surface area contributed by atoms with Crippen molar-refractivity contribution in [3.8, 4) is 0 Å². The maximum atomic E-state index is 6.00. The van der Waals surface area contributed by atoms with Gasteiger partial charge in [0.05, 0.1) is 24.7 Å². The van der Waals surface area contributed by atoms with Gasteiger partial charge in [-0.25, -0.2) is 0 Å². The highest BCUT2D eigenvalue weighted by molar-refractivity contribution is 5.11. The van der Waals surface area contributed by atoms with E-state index in [0.29, 0.717) is 31.3 Å². The predicted octanol–water partition coefficient (Wildman–Crippen LogP) is 0.262. The van der Waals surface area contributed by atoms with Crippen LogP contribution in [0.4, 0.5) is 0 Å². The average Bonchev–Trinajstić information content (AvgIpc) is 2.88. The van der Waals surface area contributed by atoms with Crippen LogP contribution in [-0.4, -0.2) is 42.6 Å². The molecule has 1 fully saturated rings. The Kier molecular flexibility index (Phi) is 3.46. The Bertz CT molecular complexity index is 382. The zero-order valence-electron chi connectivity index (χ0n) is 10.5. The molecule has 0 saturated carbocycles. The molecular formula is C11H19N3O3. The second kappa shape index (κ2) is 4.72. The van der Waals surface area contributed by atoms with Gasteiger partial charge in [-0.2, -0.15) is 4.98 Å². The molecule has 1 saturated heterocycles. The molecule has 2 rings (SSSR count). The Morgan fingerprint density at radius 3 is 3.00 bits per heavy atom. The van der Waals surface area contributed by atoms with Gasteiger partial charge in [-0.05, 0) is 13.8 Å². The molecule has 1 aromatic heterocycles. The number of hydrogen-bond donors (Lipinski definition) is 1. The van der Waals surface area contributed by atoms with Crippen molar-refractivity contribution in [2.45, 2.75) is 37.8 Å². The standard InChI is InChI=1S/C11H19N3O3/c1-7(15-3)4-9-13-10(17-14-9)11(2)6-16-5-8(11)12/h7-8H,4-6,12H2,1-3H3. The third-order valence-electron chi connectivity index (χ3n) is 3.35. The predicted molar refractivity (Wildman–Crippen MR) is 60.6 cm³/mol. The summed E-state index contributed by atoms with van der Waals surface area (Å²) in [6, 6.07) is -0.101. The van der Waals surface area contributed by atoms with E-state index in [4.69, 9.17) is 19.7 Å². The molecule has 3 unspecified atom stereocenters. The van der Waals surface area contributed by atoms with Gasteiger partial charge in [0.15, 0.2) is 5.82 Å². The Morgan fingerprint density at radius 1 is 1.65 bits per heavy atom. The lowest BCUT2D eigenvalue weighted by molar-refractivity contribution is 0.116. The van der Waals surface area contributed by atoms with Gasteiger partial charge < -0.3 is 19.7 Å². The molecule has 3 atom stereocenters. The molecule has 96 valence electrons. The average molecular weight is 241 g/mol. The van der Waals surface area contributed by atoms with E-state index in [2.05, 4.69) is 10.1 Å². The lowest BCUT2D eigenvalue weighted by Crippen LogP contribution is -2.42. The summed E-state index contributed by atoms with van der Waals surface area (Å²) in [5, 5.41) is 3.95. The lowest BCUT2D eigenvalue weighted by Gasteiger charge is -2.21. The summed E-state index contributed by atoms with van der Waals surface area (Å²) in [6.45, 7) is 5.00. The minimum absolute atomic E-state index is 0.0711. The molecule has 0 radical (unpaired) electrons. The Hall–Kier alpha value is -0.980. The molecule has 1 aliphatic heterocycles. The molecule has 2 heterocycles. The van der Waals surface area contributed by atoms with E-state index < -0.39 is 0 Å². The summed E-state index contributed by atoms with van der Waals surface area (Å²) in [5.74, 6) is 1.20. The summed E-state index contributed by atoms with van der Waals surface area (Å²) in [6.07, 6.45) is 0.702. The molecule has 1 aliphatic rings. The molecule has 0 aliphatic carbocycles. The monoisotopic (exact) mass is 241 g/mol. The van der Waals surface area contributed by atoms with Crippen molar-refractivity contribution in [2.75, 3.05) is 20.3 Å². The SMILES string of the molecule is COC(C)Cc1noc(C2(C)COCC2N)n1. The molecule has 6 nitrogen and oxygen atoms in total. The quantitative estimate of drug-likeness (QED) is 0.814. The normalized spacial score (nSPS) is 30.7. The van der Waals surface area contributed by atoms with E-state index in [0.717, 1.165) is 0 Å². The number of nitrogens with two attached hydrogens (primary N) is 1. The van der Waals surface area contributed by atoms with Gasteiger partial charge in [-0.3, -0.25) is 0 Å². The molecule has 0 amide bonds. The number of hydrogen-bond acceptors (Lipinski definition) is 6. The summed E-state index contributed by atoms with van der Waals surface area (Å²) >= 11 is 0. The number of rotatable bonds is 4. The first-order valence-electron chi connectivity index (χ1n) is 5.75. The van der Waals surface area contributed by atoms with Crippen LogP contribution < -0.4 is 5.73 Å². The van der Waals surface area contributed by atoms with Crippen LogP contribution in [0, 0.1) is 0 Å². The van der Waals surface area contributed by atoms with Crippen LogP contribution in [-0.2, 0) is 21.3 Å². The Labute approximate surface area is 100 Å². The molecule has 0 bridgehead atoms. The van der Waals surface area contributed by atoms with Gasteiger partial charge in [-0.1, -0.05) is 5.16 Å². The van der Waals surface area contributed by atoms with E-state index in [9.17, 15) is 0 Å². The van der Waals surface area contributed by atoms with E-state index in [1.165, 1.54) is 0 Å². The van der Waals surface area contributed by atoms with Crippen LogP contribution in [0.1, 0.15) is 25.6 Å². The fourth-order valence-electron chi connectivity index (χ4n) is 1.82. The fourth-order valence-corrected chi connectivity index (χ4v) is 1.82. The molecule has 0 spiro atoms. The number of methoxy groups -OCH3 is 1. The van der Waals surface area contributed by atoms with Gasteiger partial charge in [-0.15, -0.1) is 0 Å². The largest absolute Gasteiger partial charge is 0.381 e. The molecule has 2 N–H and O–H groups in total. The van der Waals surface area contributed by atoms with Crippen LogP contribution in [0.2, 0.25) is 0 Å². The first-order chi connectivity index (χ1) is 8.06. The van der Waals surface area contributed by atoms with Crippen molar-refractivity contribution in [3.63, 3.8) is 0 Å². The van der Waals surface area contributed by atoms with Gasteiger partial charge >= 0.3 is 0 Å². The lowest BCUT2D eigenvalue weighted by atomic mass is 9.86. The van der Waals surface area contributed by atoms with Crippen LogP contribution >= 0.6 is 0 Å². The Morgan fingerprint density at radius 2 is 2.41 bits per heavy atom. The molecular weight excluding hydrogens is 222 g/mol. The molecule has 0 aromatic carbocycles. The summed E-state index contributed by atoms with van der Waals surface area (Å²) in [4.78, 5) is 4.38.